The van der Waals surface area contributed by atoms with Gasteiger partial charge >= 0.3 is 0 Å². The topological polar surface area (TPSA) is 75.4 Å². The van der Waals surface area contributed by atoms with Crippen molar-refractivity contribution < 1.29 is 9.59 Å². The number of benzene rings is 1. The number of hydrogen-bond acceptors (Lipinski definition) is 4. The first-order chi connectivity index (χ1) is 9.79. The average molecular weight is 307 g/mol. The van der Waals surface area contributed by atoms with E-state index >= 15 is 0 Å². The van der Waals surface area contributed by atoms with Gasteiger partial charge in [0.15, 0.2) is 0 Å². The second-order valence-electron chi connectivity index (χ2n) is 5.78. The fraction of sp³-hybridized carbons (Fsp3) is 0.467. The molecule has 21 heavy (non-hydrogen) atoms. The number of aryl methyl sites for hydroxylation is 1. The fourth-order valence-electron chi connectivity index (χ4n) is 2.10. The van der Waals surface area contributed by atoms with Crippen molar-refractivity contribution >= 4 is 35.0 Å². The molecule has 1 aliphatic heterocycles. The molecule has 0 saturated carbocycles. The highest BCUT2D eigenvalue weighted by Crippen LogP contribution is 2.26. The smallest absolute Gasteiger partial charge is 0.243 e. The molecule has 0 bridgehead atoms. The summed E-state index contributed by atoms with van der Waals surface area (Å²) in [6.45, 7) is 5.99. The van der Waals surface area contributed by atoms with Crippen molar-refractivity contribution in [1.29, 1.82) is 0 Å². The van der Waals surface area contributed by atoms with Gasteiger partial charge in [0, 0.05) is 23.7 Å². The zero-order chi connectivity index (χ0) is 15.6. The standard InChI is InChI=1S/C15H21N3O2S/c1-10-8-11(17-14(20)15(2,3)16)4-5-12(10)18-6-7-21-9-13(18)19/h4-5,8H,6-7,9,16H2,1-3H3,(H,17,20). The van der Waals surface area contributed by atoms with Crippen LogP contribution in [0.2, 0.25) is 0 Å². The van der Waals surface area contributed by atoms with Gasteiger partial charge in [-0.1, -0.05) is 0 Å². The lowest BCUT2D eigenvalue weighted by atomic mass is 10.1. The summed E-state index contributed by atoms with van der Waals surface area (Å²) in [7, 11) is 0. The molecule has 0 aliphatic carbocycles. The van der Waals surface area contributed by atoms with Crippen molar-refractivity contribution in [1.82, 2.24) is 0 Å². The van der Waals surface area contributed by atoms with Crippen LogP contribution in [0.25, 0.3) is 0 Å². The highest BCUT2D eigenvalue weighted by molar-refractivity contribution is 8.00. The van der Waals surface area contributed by atoms with Crippen molar-refractivity contribution in [3.05, 3.63) is 23.8 Å². The zero-order valence-corrected chi connectivity index (χ0v) is 13.4. The van der Waals surface area contributed by atoms with Crippen molar-refractivity contribution in [2.75, 3.05) is 28.3 Å². The SMILES string of the molecule is Cc1cc(NC(=O)C(C)(C)N)ccc1N1CCSCC1=O. The van der Waals surface area contributed by atoms with Crippen molar-refractivity contribution in [3.8, 4) is 0 Å². The summed E-state index contributed by atoms with van der Waals surface area (Å²) in [5, 5.41) is 2.79. The molecule has 1 aromatic carbocycles. The summed E-state index contributed by atoms with van der Waals surface area (Å²) in [6, 6.07) is 5.55. The number of thioether (sulfide) groups is 1. The van der Waals surface area contributed by atoms with Gasteiger partial charge in [-0.05, 0) is 44.5 Å². The Kier molecular flexibility index (Phi) is 4.58. The molecule has 1 fully saturated rings. The number of nitrogens with one attached hydrogen (secondary N) is 1. The summed E-state index contributed by atoms with van der Waals surface area (Å²) in [4.78, 5) is 25.7. The molecule has 0 aromatic heterocycles. The van der Waals surface area contributed by atoms with Gasteiger partial charge in [-0.3, -0.25) is 9.59 Å². The number of hydrogen-bond donors (Lipinski definition) is 2. The second kappa shape index (κ2) is 6.07. The van der Waals surface area contributed by atoms with Crippen LogP contribution in [-0.4, -0.2) is 35.4 Å². The molecular formula is C15H21N3O2S. The third-order valence-corrected chi connectivity index (χ3v) is 4.24. The normalized spacial score (nSPS) is 16.0. The van der Waals surface area contributed by atoms with E-state index in [0.717, 1.165) is 23.5 Å². The predicted molar refractivity (Wildman–Crippen MR) is 87.8 cm³/mol. The average Bonchev–Trinajstić information content (AvgIpc) is 2.39. The first kappa shape index (κ1) is 15.9. The Labute approximate surface area is 129 Å². The molecule has 2 rings (SSSR count). The molecule has 2 amide bonds. The molecule has 3 N–H and O–H groups in total. The summed E-state index contributed by atoms with van der Waals surface area (Å²) in [6.07, 6.45) is 0. The number of carbonyl (C=O) groups excluding carboxylic acids is 2. The van der Waals surface area contributed by atoms with E-state index in [9.17, 15) is 9.59 Å². The number of nitrogens with zero attached hydrogens (tertiary/aromatic N) is 1. The first-order valence-corrected chi connectivity index (χ1v) is 8.03. The maximum Gasteiger partial charge on any atom is 0.243 e. The molecule has 5 nitrogen and oxygen atoms in total. The maximum absolute atomic E-state index is 12.0. The molecule has 0 radical (unpaired) electrons. The van der Waals surface area contributed by atoms with E-state index in [1.54, 1.807) is 31.7 Å². The molecule has 114 valence electrons. The number of amides is 2. The van der Waals surface area contributed by atoms with Gasteiger partial charge in [0.25, 0.3) is 0 Å². The third-order valence-electron chi connectivity index (χ3n) is 3.32. The van der Waals surface area contributed by atoms with E-state index < -0.39 is 5.54 Å². The number of carbonyl (C=O) groups is 2. The maximum atomic E-state index is 12.0. The van der Waals surface area contributed by atoms with Crippen LogP contribution in [0.4, 0.5) is 11.4 Å². The second-order valence-corrected chi connectivity index (χ2v) is 6.88. The quantitative estimate of drug-likeness (QED) is 0.892. The van der Waals surface area contributed by atoms with Crippen molar-refractivity contribution in [3.63, 3.8) is 0 Å². The van der Waals surface area contributed by atoms with E-state index in [2.05, 4.69) is 5.32 Å². The summed E-state index contributed by atoms with van der Waals surface area (Å²) in [5.41, 5.74) is 7.40. The molecule has 0 atom stereocenters. The lowest BCUT2D eigenvalue weighted by molar-refractivity contribution is -0.120. The van der Waals surface area contributed by atoms with Crippen LogP contribution in [0, 0.1) is 6.92 Å². The monoisotopic (exact) mass is 307 g/mol. The van der Waals surface area contributed by atoms with Crippen LogP contribution < -0.4 is 16.0 Å². The van der Waals surface area contributed by atoms with E-state index in [4.69, 9.17) is 5.73 Å². The van der Waals surface area contributed by atoms with Crippen LogP contribution in [-0.2, 0) is 9.59 Å². The molecule has 1 saturated heterocycles. The Hall–Kier alpha value is -1.53. The minimum absolute atomic E-state index is 0.134. The number of rotatable bonds is 3. The van der Waals surface area contributed by atoms with Crippen LogP contribution >= 0.6 is 11.8 Å². The summed E-state index contributed by atoms with van der Waals surface area (Å²) in [5.74, 6) is 1.37. The Morgan fingerprint density at radius 2 is 2.14 bits per heavy atom. The van der Waals surface area contributed by atoms with Gasteiger partial charge in [-0.15, -0.1) is 0 Å². The summed E-state index contributed by atoms with van der Waals surface area (Å²) >= 11 is 1.66. The van der Waals surface area contributed by atoms with Crippen molar-refractivity contribution in [2.24, 2.45) is 5.73 Å². The summed E-state index contributed by atoms with van der Waals surface area (Å²) < 4.78 is 0. The van der Waals surface area contributed by atoms with E-state index in [1.165, 1.54) is 0 Å². The molecule has 1 aromatic rings. The number of nitrogens with two attached hydrogens (primary N) is 1. The van der Waals surface area contributed by atoms with Crippen LogP contribution in [0.15, 0.2) is 18.2 Å². The van der Waals surface area contributed by atoms with Gasteiger partial charge in [-0.2, -0.15) is 11.8 Å². The minimum atomic E-state index is -0.924. The fourth-order valence-corrected chi connectivity index (χ4v) is 2.89. The predicted octanol–water partition coefficient (Wildman–Crippen LogP) is 1.75. The Morgan fingerprint density at radius 1 is 1.43 bits per heavy atom. The van der Waals surface area contributed by atoms with E-state index in [-0.39, 0.29) is 11.8 Å². The lowest BCUT2D eigenvalue weighted by Gasteiger charge is -2.28. The van der Waals surface area contributed by atoms with Crippen LogP contribution in [0.1, 0.15) is 19.4 Å². The van der Waals surface area contributed by atoms with Crippen LogP contribution in [0.5, 0.6) is 0 Å². The Bertz CT molecular complexity index is 567. The zero-order valence-electron chi connectivity index (χ0n) is 12.6. The highest BCUT2D eigenvalue weighted by atomic mass is 32.2. The molecule has 0 unspecified atom stereocenters. The Morgan fingerprint density at radius 3 is 2.71 bits per heavy atom. The van der Waals surface area contributed by atoms with Gasteiger partial charge in [0.05, 0.1) is 11.3 Å². The van der Waals surface area contributed by atoms with E-state index in [0.29, 0.717) is 11.4 Å². The van der Waals surface area contributed by atoms with Crippen LogP contribution in [0.3, 0.4) is 0 Å². The molecule has 0 spiro atoms. The molecule has 6 heteroatoms. The minimum Gasteiger partial charge on any atom is -0.324 e. The molecule has 1 aliphatic rings. The van der Waals surface area contributed by atoms with Gasteiger partial charge in [0.2, 0.25) is 11.8 Å². The Balaban J connectivity index is 2.18. The van der Waals surface area contributed by atoms with Crippen molar-refractivity contribution in [2.45, 2.75) is 26.3 Å². The first-order valence-electron chi connectivity index (χ1n) is 6.88. The third kappa shape index (κ3) is 3.77. The van der Waals surface area contributed by atoms with Gasteiger partial charge in [-0.25, -0.2) is 0 Å². The highest BCUT2D eigenvalue weighted by Gasteiger charge is 2.23. The number of anilines is 2. The lowest BCUT2D eigenvalue weighted by Crippen LogP contribution is -2.45. The van der Waals surface area contributed by atoms with Gasteiger partial charge < -0.3 is 16.0 Å². The van der Waals surface area contributed by atoms with E-state index in [1.807, 2.05) is 24.0 Å². The largest absolute Gasteiger partial charge is 0.324 e. The molecule has 1 heterocycles. The molecular weight excluding hydrogens is 286 g/mol. The van der Waals surface area contributed by atoms with Gasteiger partial charge in [0.1, 0.15) is 0 Å².